The average Bonchev–Trinajstić information content (AvgIpc) is 2.70. The molecule has 0 unspecified atom stereocenters. The van der Waals surface area contributed by atoms with Gasteiger partial charge >= 0.3 is 0 Å². The Kier molecular flexibility index (Phi) is 5.56. The first-order valence-corrected chi connectivity index (χ1v) is 8.43. The molecule has 0 saturated heterocycles. The molecule has 0 radical (unpaired) electrons. The minimum atomic E-state index is -0.253. The van der Waals surface area contributed by atoms with E-state index in [1.807, 2.05) is 31.2 Å². The molecule has 0 bridgehead atoms. The highest BCUT2D eigenvalue weighted by molar-refractivity contribution is 6.04. The number of aromatic nitrogens is 1. The number of nitrogens with one attached hydrogen (secondary N) is 2. The largest absolute Gasteiger partial charge is 0.493 e. The Hall–Kier alpha value is -3.54. The predicted octanol–water partition coefficient (Wildman–Crippen LogP) is 4.40. The van der Waals surface area contributed by atoms with E-state index in [9.17, 15) is 4.79 Å². The van der Waals surface area contributed by atoms with E-state index in [4.69, 9.17) is 9.47 Å². The van der Waals surface area contributed by atoms with Gasteiger partial charge in [0.25, 0.3) is 5.91 Å². The lowest BCUT2D eigenvalue weighted by Gasteiger charge is -2.11. The van der Waals surface area contributed by atoms with Crippen LogP contribution >= 0.6 is 0 Å². The fourth-order valence-electron chi connectivity index (χ4n) is 2.57. The van der Waals surface area contributed by atoms with Gasteiger partial charge in [0.15, 0.2) is 11.5 Å². The Morgan fingerprint density at radius 2 is 1.74 bits per heavy atom. The van der Waals surface area contributed by atoms with Crippen molar-refractivity contribution in [1.82, 2.24) is 4.98 Å². The minimum Gasteiger partial charge on any atom is -0.493 e. The number of aryl methyl sites for hydroxylation is 1. The fourth-order valence-corrected chi connectivity index (χ4v) is 2.57. The number of benzene rings is 2. The summed E-state index contributed by atoms with van der Waals surface area (Å²) in [6.45, 7) is 2.02. The molecule has 2 N–H and O–H groups in total. The average molecular weight is 363 g/mol. The van der Waals surface area contributed by atoms with Crippen LogP contribution in [0.1, 0.15) is 15.9 Å². The van der Waals surface area contributed by atoms with E-state index in [1.165, 1.54) is 6.20 Å². The van der Waals surface area contributed by atoms with Gasteiger partial charge in [-0.05, 0) is 42.8 Å². The standard InChI is InChI=1S/C21H21N3O3/c1-14-6-4-5-7-17(14)24-20-11-8-15(13-22-20)21(25)23-16-9-10-18(26-2)19(12-16)27-3/h4-13H,1-3H3,(H,22,24)(H,23,25). The molecule has 6 heteroatoms. The van der Waals surface area contributed by atoms with Crippen molar-refractivity contribution in [2.24, 2.45) is 0 Å². The molecule has 0 aliphatic heterocycles. The number of rotatable bonds is 6. The predicted molar refractivity (Wildman–Crippen MR) is 106 cm³/mol. The number of amides is 1. The van der Waals surface area contributed by atoms with Crippen LogP contribution in [0.25, 0.3) is 0 Å². The van der Waals surface area contributed by atoms with Crippen LogP contribution in [-0.2, 0) is 0 Å². The summed E-state index contributed by atoms with van der Waals surface area (Å²) in [5, 5.41) is 6.07. The van der Waals surface area contributed by atoms with Gasteiger partial charge in [-0.25, -0.2) is 4.98 Å². The molecule has 3 rings (SSSR count). The quantitative estimate of drug-likeness (QED) is 0.679. The lowest BCUT2D eigenvalue weighted by molar-refractivity contribution is 0.102. The van der Waals surface area contributed by atoms with E-state index in [0.717, 1.165) is 11.3 Å². The van der Waals surface area contributed by atoms with Gasteiger partial charge in [0.2, 0.25) is 0 Å². The van der Waals surface area contributed by atoms with Crippen LogP contribution in [0.15, 0.2) is 60.8 Å². The van der Waals surface area contributed by atoms with E-state index < -0.39 is 0 Å². The second-order valence-electron chi connectivity index (χ2n) is 5.90. The molecule has 1 aromatic heterocycles. The number of carbonyl (C=O) groups excluding carboxylic acids is 1. The second-order valence-corrected chi connectivity index (χ2v) is 5.90. The van der Waals surface area contributed by atoms with Gasteiger partial charge in [-0.3, -0.25) is 4.79 Å². The summed E-state index contributed by atoms with van der Waals surface area (Å²) < 4.78 is 10.4. The Morgan fingerprint density at radius 1 is 0.963 bits per heavy atom. The summed E-state index contributed by atoms with van der Waals surface area (Å²) in [5.74, 6) is 1.57. The van der Waals surface area contributed by atoms with Gasteiger partial charge in [0.05, 0.1) is 19.8 Å². The van der Waals surface area contributed by atoms with Crippen molar-refractivity contribution in [3.8, 4) is 11.5 Å². The molecule has 3 aromatic rings. The van der Waals surface area contributed by atoms with Gasteiger partial charge in [0, 0.05) is 23.6 Å². The molecule has 0 aliphatic rings. The molecule has 27 heavy (non-hydrogen) atoms. The zero-order chi connectivity index (χ0) is 19.2. The lowest BCUT2D eigenvalue weighted by Crippen LogP contribution is -2.12. The first kappa shape index (κ1) is 18.3. The number of pyridine rings is 1. The first-order chi connectivity index (χ1) is 13.1. The molecule has 6 nitrogen and oxygen atoms in total. The highest BCUT2D eigenvalue weighted by Gasteiger charge is 2.10. The highest BCUT2D eigenvalue weighted by Crippen LogP contribution is 2.30. The second kappa shape index (κ2) is 8.23. The van der Waals surface area contributed by atoms with Gasteiger partial charge in [-0.2, -0.15) is 0 Å². The monoisotopic (exact) mass is 363 g/mol. The summed E-state index contributed by atoms with van der Waals surface area (Å²) in [7, 11) is 3.11. The number of anilines is 3. The van der Waals surface area contributed by atoms with Crippen LogP contribution in [-0.4, -0.2) is 25.1 Å². The van der Waals surface area contributed by atoms with Crippen molar-refractivity contribution in [1.29, 1.82) is 0 Å². The van der Waals surface area contributed by atoms with Crippen molar-refractivity contribution in [3.63, 3.8) is 0 Å². The van der Waals surface area contributed by atoms with Gasteiger partial charge < -0.3 is 20.1 Å². The molecular weight excluding hydrogens is 342 g/mol. The number of methoxy groups -OCH3 is 2. The molecule has 2 aromatic carbocycles. The van der Waals surface area contributed by atoms with Crippen LogP contribution in [0.4, 0.5) is 17.2 Å². The highest BCUT2D eigenvalue weighted by atomic mass is 16.5. The van der Waals surface area contributed by atoms with Crippen molar-refractivity contribution < 1.29 is 14.3 Å². The molecule has 0 saturated carbocycles. The molecule has 0 atom stereocenters. The number of hydrogen-bond donors (Lipinski definition) is 2. The SMILES string of the molecule is COc1ccc(NC(=O)c2ccc(Nc3ccccc3C)nc2)cc1OC. The number of hydrogen-bond acceptors (Lipinski definition) is 5. The maximum atomic E-state index is 12.4. The normalized spacial score (nSPS) is 10.2. The van der Waals surface area contributed by atoms with Crippen LogP contribution in [0, 0.1) is 6.92 Å². The third-order valence-corrected chi connectivity index (χ3v) is 4.07. The van der Waals surface area contributed by atoms with Crippen LogP contribution in [0.2, 0.25) is 0 Å². The zero-order valence-corrected chi connectivity index (χ0v) is 15.4. The number of para-hydroxylation sites is 1. The Bertz CT molecular complexity index is 940. The third-order valence-electron chi connectivity index (χ3n) is 4.07. The Balaban J connectivity index is 1.70. The van der Waals surface area contributed by atoms with Crippen molar-refractivity contribution >= 4 is 23.1 Å². The maximum Gasteiger partial charge on any atom is 0.257 e. The van der Waals surface area contributed by atoms with Gasteiger partial charge in [0.1, 0.15) is 5.82 Å². The molecule has 138 valence electrons. The van der Waals surface area contributed by atoms with Crippen molar-refractivity contribution in [2.75, 3.05) is 24.9 Å². The van der Waals surface area contributed by atoms with Crippen LogP contribution < -0.4 is 20.1 Å². The zero-order valence-electron chi connectivity index (χ0n) is 15.4. The van der Waals surface area contributed by atoms with Crippen LogP contribution in [0.5, 0.6) is 11.5 Å². The molecule has 1 heterocycles. The summed E-state index contributed by atoms with van der Waals surface area (Å²) in [4.78, 5) is 16.8. The molecule has 0 aliphatic carbocycles. The van der Waals surface area contributed by atoms with Gasteiger partial charge in [-0.15, -0.1) is 0 Å². The van der Waals surface area contributed by atoms with E-state index in [0.29, 0.717) is 28.6 Å². The van der Waals surface area contributed by atoms with Gasteiger partial charge in [-0.1, -0.05) is 18.2 Å². The van der Waals surface area contributed by atoms with E-state index >= 15 is 0 Å². The summed E-state index contributed by atoms with van der Waals surface area (Å²) >= 11 is 0. The molecule has 1 amide bonds. The Labute approximate surface area is 158 Å². The maximum absolute atomic E-state index is 12.4. The molecule has 0 fully saturated rings. The minimum absolute atomic E-state index is 0.253. The van der Waals surface area contributed by atoms with E-state index in [1.54, 1.807) is 44.6 Å². The first-order valence-electron chi connectivity index (χ1n) is 8.43. The van der Waals surface area contributed by atoms with E-state index in [2.05, 4.69) is 15.6 Å². The van der Waals surface area contributed by atoms with Crippen LogP contribution in [0.3, 0.4) is 0 Å². The number of ether oxygens (including phenoxy) is 2. The van der Waals surface area contributed by atoms with Crippen molar-refractivity contribution in [3.05, 3.63) is 71.9 Å². The summed E-state index contributed by atoms with van der Waals surface area (Å²) in [5.41, 5.74) is 3.17. The summed E-state index contributed by atoms with van der Waals surface area (Å²) in [6.07, 6.45) is 1.54. The topological polar surface area (TPSA) is 72.5 Å². The van der Waals surface area contributed by atoms with Crippen molar-refractivity contribution in [2.45, 2.75) is 6.92 Å². The number of nitrogens with zero attached hydrogens (tertiary/aromatic N) is 1. The Morgan fingerprint density at radius 3 is 2.41 bits per heavy atom. The van der Waals surface area contributed by atoms with E-state index in [-0.39, 0.29) is 5.91 Å². The third kappa shape index (κ3) is 4.36. The fraction of sp³-hybridized carbons (Fsp3) is 0.143. The smallest absolute Gasteiger partial charge is 0.257 e. The summed E-state index contributed by atoms with van der Waals surface area (Å²) in [6, 6.07) is 16.6. The lowest BCUT2D eigenvalue weighted by atomic mass is 10.2. The number of carbonyl (C=O) groups is 1. The molecule has 0 spiro atoms. The molecular formula is C21H21N3O3.